The number of primary amides is 1. The lowest BCUT2D eigenvalue weighted by Gasteiger charge is -2.04. The number of benzene rings is 1. The summed E-state index contributed by atoms with van der Waals surface area (Å²) in [5.74, 6) is -1.10. The molecular weight excluding hydrogens is 363 g/mol. The van der Waals surface area contributed by atoms with Crippen LogP contribution in [0.25, 0.3) is 11.3 Å². The number of rotatable bonds is 3. The number of nitrogens with two attached hydrogens (primary N) is 1. The second kappa shape index (κ2) is 5.34. The van der Waals surface area contributed by atoms with Crippen LogP contribution in [0.5, 0.6) is 0 Å². The van der Waals surface area contributed by atoms with Crippen molar-refractivity contribution in [2.24, 2.45) is 5.73 Å². The van der Waals surface area contributed by atoms with Crippen LogP contribution < -0.4 is 5.73 Å². The first-order chi connectivity index (χ1) is 9.04. The normalized spacial score (nSPS) is 10.2. The summed E-state index contributed by atoms with van der Waals surface area (Å²) < 4.78 is 5.34. The minimum absolute atomic E-state index is 0.0571. The van der Waals surface area contributed by atoms with Crippen molar-refractivity contribution in [3.05, 3.63) is 33.0 Å². The zero-order valence-electron chi connectivity index (χ0n) is 9.81. The number of methoxy groups -OCH3 is 1. The van der Waals surface area contributed by atoms with E-state index in [2.05, 4.69) is 20.1 Å². The minimum Gasteiger partial charge on any atom is -0.465 e. The molecule has 1 aromatic heterocycles. The van der Waals surface area contributed by atoms with Crippen LogP contribution in [0.3, 0.4) is 0 Å². The van der Waals surface area contributed by atoms with Gasteiger partial charge >= 0.3 is 5.97 Å². The second-order valence-electron chi connectivity index (χ2n) is 3.57. The van der Waals surface area contributed by atoms with Crippen LogP contribution in [0.4, 0.5) is 0 Å². The van der Waals surface area contributed by atoms with Gasteiger partial charge in [-0.1, -0.05) is 6.07 Å². The van der Waals surface area contributed by atoms with Crippen molar-refractivity contribution in [2.75, 3.05) is 7.11 Å². The third-order valence-electron chi connectivity index (χ3n) is 2.43. The number of ether oxygens (including phenoxy) is 1. The van der Waals surface area contributed by atoms with Crippen molar-refractivity contribution in [3.8, 4) is 11.3 Å². The molecule has 0 aliphatic rings. The fraction of sp³-hybridized carbons (Fsp3) is 0.0909. The number of hydrogen-bond donors (Lipinski definition) is 2. The third-order valence-corrected chi connectivity index (χ3v) is 3.32. The monoisotopic (exact) mass is 372 g/mol. The van der Waals surface area contributed by atoms with E-state index in [1.54, 1.807) is 18.2 Å². The Hall–Kier alpha value is -1.97. The van der Waals surface area contributed by atoms with Gasteiger partial charge in [-0.2, -0.15) is 15.4 Å². The summed E-state index contributed by atoms with van der Waals surface area (Å²) in [6.07, 6.45) is 0. The summed E-state index contributed by atoms with van der Waals surface area (Å²) in [6, 6.07) is 4.96. The number of esters is 1. The van der Waals surface area contributed by atoms with Crippen molar-refractivity contribution in [3.63, 3.8) is 0 Å². The average molecular weight is 372 g/mol. The lowest BCUT2D eigenvalue weighted by atomic mass is 10.1. The van der Waals surface area contributed by atoms with Crippen LogP contribution in [0, 0.1) is 3.57 Å². The highest BCUT2D eigenvalue weighted by Gasteiger charge is 2.17. The average Bonchev–Trinajstić information content (AvgIpc) is 2.87. The van der Waals surface area contributed by atoms with Crippen molar-refractivity contribution in [1.82, 2.24) is 15.4 Å². The van der Waals surface area contributed by atoms with E-state index in [-0.39, 0.29) is 5.69 Å². The molecule has 8 heteroatoms. The van der Waals surface area contributed by atoms with Gasteiger partial charge in [-0.15, -0.1) is 0 Å². The number of amides is 1. The first-order valence-corrected chi connectivity index (χ1v) is 6.21. The number of carbonyl (C=O) groups is 2. The molecule has 0 atom stereocenters. The zero-order valence-corrected chi connectivity index (χ0v) is 12.0. The molecular formula is C11H9IN4O3. The van der Waals surface area contributed by atoms with Gasteiger partial charge in [0, 0.05) is 9.13 Å². The second-order valence-corrected chi connectivity index (χ2v) is 4.73. The molecule has 0 aliphatic heterocycles. The van der Waals surface area contributed by atoms with Gasteiger partial charge in [-0.05, 0) is 34.7 Å². The molecule has 98 valence electrons. The van der Waals surface area contributed by atoms with Crippen LogP contribution in [-0.4, -0.2) is 34.4 Å². The van der Waals surface area contributed by atoms with Crippen LogP contribution in [0.2, 0.25) is 0 Å². The lowest BCUT2D eigenvalue weighted by molar-refractivity contribution is 0.0599. The number of aromatic nitrogens is 3. The molecule has 1 aromatic carbocycles. The van der Waals surface area contributed by atoms with Gasteiger partial charge in [-0.3, -0.25) is 4.79 Å². The number of H-pyrrole nitrogens is 1. The molecule has 2 rings (SSSR count). The lowest BCUT2D eigenvalue weighted by Crippen LogP contribution is -2.13. The first kappa shape index (κ1) is 13.5. The van der Waals surface area contributed by atoms with Gasteiger partial charge in [0.2, 0.25) is 0 Å². The Morgan fingerprint density at radius 1 is 1.37 bits per heavy atom. The van der Waals surface area contributed by atoms with Gasteiger partial charge in [0.05, 0.1) is 12.7 Å². The largest absolute Gasteiger partial charge is 0.465 e. The SMILES string of the molecule is COC(=O)c1ccc(-c2n[nH]nc2C(N)=O)cc1I. The maximum atomic E-state index is 11.5. The maximum absolute atomic E-state index is 11.5. The van der Waals surface area contributed by atoms with E-state index in [0.717, 1.165) is 0 Å². The number of nitrogens with zero attached hydrogens (tertiary/aromatic N) is 2. The summed E-state index contributed by atoms with van der Waals surface area (Å²) in [4.78, 5) is 22.7. The van der Waals surface area contributed by atoms with E-state index in [1.807, 2.05) is 22.6 Å². The highest BCUT2D eigenvalue weighted by molar-refractivity contribution is 14.1. The molecule has 0 fully saturated rings. The van der Waals surface area contributed by atoms with Crippen LogP contribution in [0.1, 0.15) is 20.8 Å². The molecule has 0 bridgehead atoms. The molecule has 3 N–H and O–H groups in total. The molecule has 19 heavy (non-hydrogen) atoms. The maximum Gasteiger partial charge on any atom is 0.338 e. The van der Waals surface area contributed by atoms with Crippen LogP contribution in [0.15, 0.2) is 18.2 Å². The molecule has 0 unspecified atom stereocenters. The molecule has 1 amide bonds. The Labute approximate surface area is 121 Å². The standard InChI is InChI=1S/C11H9IN4O3/c1-19-11(18)6-3-2-5(4-7(6)12)8-9(10(13)17)15-16-14-8/h2-4H,1H3,(H2,13,17)(H,14,15,16). The van der Waals surface area contributed by atoms with Crippen molar-refractivity contribution in [1.29, 1.82) is 0 Å². The van der Waals surface area contributed by atoms with E-state index in [9.17, 15) is 9.59 Å². The highest BCUT2D eigenvalue weighted by Crippen LogP contribution is 2.24. The number of carbonyl (C=O) groups excluding carboxylic acids is 2. The van der Waals surface area contributed by atoms with E-state index in [0.29, 0.717) is 20.4 Å². The van der Waals surface area contributed by atoms with E-state index in [4.69, 9.17) is 5.73 Å². The third kappa shape index (κ3) is 2.57. The predicted molar refractivity (Wildman–Crippen MR) is 74.4 cm³/mol. The smallest absolute Gasteiger partial charge is 0.338 e. The summed E-state index contributed by atoms with van der Waals surface area (Å²) in [6.45, 7) is 0. The van der Waals surface area contributed by atoms with Crippen molar-refractivity contribution >= 4 is 34.5 Å². The van der Waals surface area contributed by atoms with Gasteiger partial charge in [0.25, 0.3) is 5.91 Å². The number of halogens is 1. The quantitative estimate of drug-likeness (QED) is 0.616. The Balaban J connectivity index is 2.48. The van der Waals surface area contributed by atoms with Crippen molar-refractivity contribution in [2.45, 2.75) is 0 Å². The molecule has 0 saturated carbocycles. The predicted octanol–water partition coefficient (Wildman–Crippen LogP) is 0.962. The molecule has 0 aliphatic carbocycles. The fourth-order valence-corrected chi connectivity index (χ4v) is 2.28. The Morgan fingerprint density at radius 2 is 2.11 bits per heavy atom. The number of hydrogen-bond acceptors (Lipinski definition) is 5. The molecule has 2 aromatic rings. The molecule has 0 radical (unpaired) electrons. The molecule has 0 saturated heterocycles. The summed E-state index contributed by atoms with van der Waals surface area (Å²) >= 11 is 2.00. The first-order valence-electron chi connectivity index (χ1n) is 5.13. The minimum atomic E-state index is -0.671. The Kier molecular flexibility index (Phi) is 3.79. The van der Waals surface area contributed by atoms with Gasteiger partial charge < -0.3 is 10.5 Å². The van der Waals surface area contributed by atoms with Crippen molar-refractivity contribution < 1.29 is 14.3 Å². The van der Waals surface area contributed by atoms with Gasteiger partial charge in [0.1, 0.15) is 5.69 Å². The number of aromatic amines is 1. The number of nitrogens with one attached hydrogen (secondary N) is 1. The van der Waals surface area contributed by atoms with E-state index < -0.39 is 11.9 Å². The summed E-state index contributed by atoms with van der Waals surface area (Å²) in [7, 11) is 1.31. The fourth-order valence-electron chi connectivity index (χ4n) is 1.54. The Bertz CT molecular complexity index is 653. The summed E-state index contributed by atoms with van der Waals surface area (Å²) in [5, 5.41) is 9.93. The van der Waals surface area contributed by atoms with E-state index >= 15 is 0 Å². The molecule has 7 nitrogen and oxygen atoms in total. The van der Waals surface area contributed by atoms with Gasteiger partial charge in [0.15, 0.2) is 5.69 Å². The highest BCUT2D eigenvalue weighted by atomic mass is 127. The Morgan fingerprint density at radius 3 is 2.68 bits per heavy atom. The summed E-state index contributed by atoms with van der Waals surface area (Å²) in [5.41, 5.74) is 6.68. The van der Waals surface area contributed by atoms with E-state index in [1.165, 1.54) is 7.11 Å². The molecule has 1 heterocycles. The molecule has 0 spiro atoms. The van der Waals surface area contributed by atoms with Crippen LogP contribution >= 0.6 is 22.6 Å². The van der Waals surface area contributed by atoms with Crippen LogP contribution in [-0.2, 0) is 4.74 Å². The zero-order chi connectivity index (χ0) is 14.0. The topological polar surface area (TPSA) is 111 Å². The van der Waals surface area contributed by atoms with Gasteiger partial charge in [-0.25, -0.2) is 4.79 Å².